The van der Waals surface area contributed by atoms with Crippen molar-refractivity contribution in [1.82, 2.24) is 19.3 Å². The molecule has 0 saturated carbocycles. The van der Waals surface area contributed by atoms with E-state index >= 15 is 0 Å². The van der Waals surface area contributed by atoms with Crippen LogP contribution in [0.5, 0.6) is 0 Å². The van der Waals surface area contributed by atoms with Crippen molar-refractivity contribution in [3.8, 4) is 11.3 Å². The minimum absolute atomic E-state index is 0.0989. The third-order valence-electron chi connectivity index (χ3n) is 4.81. The fourth-order valence-corrected chi connectivity index (χ4v) is 4.38. The number of sulfonamides is 1. The number of β-amino-alcohol motifs (C(OH)–C–C–N with tert-alkyl or cyclic N) is 1. The van der Waals surface area contributed by atoms with E-state index in [1.165, 1.54) is 18.4 Å². The molecule has 0 unspecified atom stereocenters. The molecule has 2 aromatic rings. The molecule has 0 bridgehead atoms. The highest BCUT2D eigenvalue weighted by Gasteiger charge is 2.36. The molecule has 0 amide bonds. The number of aryl methyl sites for hydroxylation is 2. The van der Waals surface area contributed by atoms with Gasteiger partial charge in [0, 0.05) is 56.3 Å². The first kappa shape index (κ1) is 19.7. The first-order chi connectivity index (χ1) is 12.7. The lowest BCUT2D eigenvalue weighted by atomic mass is 10.1. The molecule has 1 aliphatic heterocycles. The SMILES string of the molecule is Cc1ccc(-c2ccnc(N3C[C@@H](CS(=O)(=O)N(C)C)[C@H](O)C3)n2)c(C)n1. The predicted octanol–water partition coefficient (Wildman–Crippen LogP) is 0.844. The van der Waals surface area contributed by atoms with Crippen LogP contribution in [0.2, 0.25) is 0 Å². The minimum atomic E-state index is -3.38. The highest BCUT2D eigenvalue weighted by molar-refractivity contribution is 7.89. The summed E-state index contributed by atoms with van der Waals surface area (Å²) in [7, 11) is -0.385. The van der Waals surface area contributed by atoms with Crippen molar-refractivity contribution in [1.29, 1.82) is 0 Å². The van der Waals surface area contributed by atoms with Crippen LogP contribution in [0.25, 0.3) is 11.3 Å². The molecule has 0 spiro atoms. The number of hydrogen-bond acceptors (Lipinski definition) is 7. The van der Waals surface area contributed by atoms with Gasteiger partial charge in [0.1, 0.15) is 0 Å². The number of aliphatic hydroxyl groups is 1. The van der Waals surface area contributed by atoms with Gasteiger partial charge >= 0.3 is 0 Å². The van der Waals surface area contributed by atoms with Crippen LogP contribution in [-0.2, 0) is 10.0 Å². The van der Waals surface area contributed by atoms with E-state index in [1.807, 2.05) is 36.9 Å². The van der Waals surface area contributed by atoms with Gasteiger partial charge in [0.05, 0.1) is 17.6 Å². The topological polar surface area (TPSA) is 99.5 Å². The monoisotopic (exact) mass is 391 g/mol. The largest absolute Gasteiger partial charge is 0.391 e. The standard InChI is InChI=1S/C18H25N5O3S/c1-12-5-6-15(13(2)20-12)16-7-8-19-18(21-16)23-9-14(17(24)10-23)11-27(25,26)22(3)4/h5-8,14,17,24H,9-11H2,1-4H3/t14-,17+/m0/s1. The Morgan fingerprint density at radius 3 is 2.59 bits per heavy atom. The molecule has 1 saturated heterocycles. The number of aliphatic hydroxyl groups excluding tert-OH is 1. The molecular formula is C18H25N5O3S. The molecule has 2 atom stereocenters. The second-order valence-corrected chi connectivity index (χ2v) is 9.35. The summed E-state index contributed by atoms with van der Waals surface area (Å²) < 4.78 is 25.5. The molecule has 2 aromatic heterocycles. The van der Waals surface area contributed by atoms with E-state index in [2.05, 4.69) is 15.0 Å². The fourth-order valence-electron chi connectivity index (χ4n) is 3.21. The number of nitrogens with zero attached hydrogens (tertiary/aromatic N) is 5. The lowest BCUT2D eigenvalue weighted by Gasteiger charge is -2.18. The quantitative estimate of drug-likeness (QED) is 0.806. The Hall–Kier alpha value is -2.10. The van der Waals surface area contributed by atoms with E-state index in [0.717, 1.165) is 22.6 Å². The van der Waals surface area contributed by atoms with E-state index in [0.29, 0.717) is 19.0 Å². The summed E-state index contributed by atoms with van der Waals surface area (Å²) in [6.07, 6.45) is 0.933. The van der Waals surface area contributed by atoms with Gasteiger partial charge in [-0.05, 0) is 32.0 Å². The maximum atomic E-state index is 12.1. The molecular weight excluding hydrogens is 366 g/mol. The van der Waals surface area contributed by atoms with E-state index in [9.17, 15) is 13.5 Å². The molecule has 1 aliphatic rings. The summed E-state index contributed by atoms with van der Waals surface area (Å²) in [5.41, 5.74) is 3.51. The number of aromatic nitrogens is 3. The zero-order valence-electron chi connectivity index (χ0n) is 16.0. The van der Waals surface area contributed by atoms with Crippen LogP contribution in [0.3, 0.4) is 0 Å². The number of pyridine rings is 1. The number of rotatable bonds is 5. The van der Waals surface area contributed by atoms with E-state index in [-0.39, 0.29) is 11.7 Å². The van der Waals surface area contributed by atoms with Gasteiger partial charge in [0.25, 0.3) is 0 Å². The molecule has 0 aromatic carbocycles. The Morgan fingerprint density at radius 1 is 1.19 bits per heavy atom. The number of anilines is 1. The maximum Gasteiger partial charge on any atom is 0.225 e. The van der Waals surface area contributed by atoms with Gasteiger partial charge in [-0.25, -0.2) is 22.7 Å². The Balaban J connectivity index is 1.82. The summed E-state index contributed by atoms with van der Waals surface area (Å²) in [6.45, 7) is 4.58. The van der Waals surface area contributed by atoms with Crippen LogP contribution in [-0.4, -0.2) is 71.8 Å². The van der Waals surface area contributed by atoms with Crippen LogP contribution in [0.15, 0.2) is 24.4 Å². The molecule has 1 fully saturated rings. The summed E-state index contributed by atoms with van der Waals surface area (Å²) in [5, 5.41) is 10.3. The van der Waals surface area contributed by atoms with Crippen molar-refractivity contribution >= 4 is 16.0 Å². The first-order valence-corrected chi connectivity index (χ1v) is 10.4. The molecule has 3 rings (SSSR count). The lowest BCUT2D eigenvalue weighted by molar-refractivity contribution is 0.157. The summed E-state index contributed by atoms with van der Waals surface area (Å²) in [4.78, 5) is 15.2. The highest BCUT2D eigenvalue weighted by atomic mass is 32.2. The van der Waals surface area contributed by atoms with Crippen LogP contribution in [0.1, 0.15) is 11.4 Å². The van der Waals surface area contributed by atoms with Crippen molar-refractivity contribution in [3.63, 3.8) is 0 Å². The lowest BCUT2D eigenvalue weighted by Crippen LogP contribution is -2.33. The molecule has 27 heavy (non-hydrogen) atoms. The molecule has 0 aliphatic carbocycles. The van der Waals surface area contributed by atoms with E-state index < -0.39 is 16.1 Å². The van der Waals surface area contributed by atoms with Gasteiger partial charge in [-0.3, -0.25) is 4.98 Å². The Bertz CT molecular complexity index is 932. The van der Waals surface area contributed by atoms with Gasteiger partial charge in [0.2, 0.25) is 16.0 Å². The third-order valence-corrected chi connectivity index (χ3v) is 6.78. The molecule has 146 valence electrons. The van der Waals surface area contributed by atoms with Gasteiger partial charge < -0.3 is 10.0 Å². The van der Waals surface area contributed by atoms with Crippen molar-refractivity contribution in [2.75, 3.05) is 37.8 Å². The molecule has 9 heteroatoms. The van der Waals surface area contributed by atoms with Crippen LogP contribution in [0, 0.1) is 19.8 Å². The Morgan fingerprint density at radius 2 is 1.93 bits per heavy atom. The van der Waals surface area contributed by atoms with Crippen LogP contribution >= 0.6 is 0 Å². The molecule has 1 N–H and O–H groups in total. The van der Waals surface area contributed by atoms with Crippen molar-refractivity contribution in [2.24, 2.45) is 5.92 Å². The van der Waals surface area contributed by atoms with Gasteiger partial charge in [0.15, 0.2) is 0 Å². The van der Waals surface area contributed by atoms with Crippen molar-refractivity contribution in [2.45, 2.75) is 20.0 Å². The van der Waals surface area contributed by atoms with Gasteiger partial charge in [-0.1, -0.05) is 0 Å². The average Bonchev–Trinajstić information content (AvgIpc) is 2.95. The van der Waals surface area contributed by atoms with Crippen molar-refractivity contribution < 1.29 is 13.5 Å². The van der Waals surface area contributed by atoms with Crippen LogP contribution < -0.4 is 4.90 Å². The van der Waals surface area contributed by atoms with E-state index in [4.69, 9.17) is 0 Å². The minimum Gasteiger partial charge on any atom is -0.391 e. The zero-order chi connectivity index (χ0) is 19.8. The van der Waals surface area contributed by atoms with Gasteiger partial charge in [-0.2, -0.15) is 0 Å². The first-order valence-electron chi connectivity index (χ1n) is 8.78. The third kappa shape index (κ3) is 4.26. The average molecular weight is 391 g/mol. The predicted molar refractivity (Wildman–Crippen MR) is 104 cm³/mol. The van der Waals surface area contributed by atoms with Crippen molar-refractivity contribution in [3.05, 3.63) is 35.8 Å². The Kier molecular flexibility index (Phi) is 5.45. The summed E-state index contributed by atoms with van der Waals surface area (Å²) in [6, 6.07) is 5.74. The molecule has 8 nitrogen and oxygen atoms in total. The molecule has 0 radical (unpaired) electrons. The highest BCUT2D eigenvalue weighted by Crippen LogP contribution is 2.26. The van der Waals surface area contributed by atoms with Gasteiger partial charge in [-0.15, -0.1) is 0 Å². The zero-order valence-corrected chi connectivity index (χ0v) is 16.8. The fraction of sp³-hybridized carbons (Fsp3) is 0.500. The Labute approximate surface area is 160 Å². The smallest absolute Gasteiger partial charge is 0.225 e. The number of hydrogen-bond donors (Lipinski definition) is 1. The summed E-state index contributed by atoms with van der Waals surface area (Å²) in [5.74, 6) is 0.00180. The summed E-state index contributed by atoms with van der Waals surface area (Å²) >= 11 is 0. The molecule has 3 heterocycles. The van der Waals surface area contributed by atoms with Crippen LogP contribution in [0.4, 0.5) is 5.95 Å². The second-order valence-electron chi connectivity index (χ2n) is 7.12. The second kappa shape index (κ2) is 7.49. The normalized spacial score (nSPS) is 20.4. The maximum absolute atomic E-state index is 12.1. The van der Waals surface area contributed by atoms with E-state index in [1.54, 1.807) is 6.20 Å².